The van der Waals surface area contributed by atoms with Gasteiger partial charge in [0.2, 0.25) is 0 Å². The van der Waals surface area contributed by atoms with Gasteiger partial charge in [-0.05, 0) is 23.8 Å². The quantitative estimate of drug-likeness (QED) is 0.556. The molecule has 3 aromatic rings. The minimum absolute atomic E-state index is 0.150. The SMILES string of the molecule is CN(CC(O)c1ccccc1)c1ccc(Cl)cc1NC(=O)Nc1cnc(C#N)cn1. The van der Waals surface area contributed by atoms with E-state index >= 15 is 0 Å². The van der Waals surface area contributed by atoms with Gasteiger partial charge in [-0.1, -0.05) is 41.9 Å². The van der Waals surface area contributed by atoms with Crippen LogP contribution in [0.2, 0.25) is 5.02 Å². The second-order valence-electron chi connectivity index (χ2n) is 6.45. The number of carbonyl (C=O) groups is 1. The van der Waals surface area contributed by atoms with E-state index in [-0.39, 0.29) is 11.5 Å². The highest BCUT2D eigenvalue weighted by Gasteiger charge is 2.16. The molecule has 3 rings (SSSR count). The van der Waals surface area contributed by atoms with E-state index in [9.17, 15) is 9.90 Å². The van der Waals surface area contributed by atoms with Crippen LogP contribution in [-0.2, 0) is 0 Å². The van der Waals surface area contributed by atoms with Gasteiger partial charge in [-0.3, -0.25) is 5.32 Å². The lowest BCUT2D eigenvalue weighted by Crippen LogP contribution is -2.27. The van der Waals surface area contributed by atoms with Crippen molar-refractivity contribution in [1.29, 1.82) is 5.26 Å². The second kappa shape index (κ2) is 9.69. The van der Waals surface area contributed by atoms with Crippen molar-refractivity contribution in [2.24, 2.45) is 0 Å². The fourth-order valence-corrected chi connectivity index (χ4v) is 2.97. The maximum absolute atomic E-state index is 12.4. The minimum Gasteiger partial charge on any atom is -0.387 e. The largest absolute Gasteiger partial charge is 0.387 e. The number of aliphatic hydroxyl groups excluding tert-OH is 1. The molecule has 1 atom stereocenters. The molecular weight excluding hydrogens is 404 g/mol. The first-order valence-electron chi connectivity index (χ1n) is 9.00. The Morgan fingerprint density at radius 1 is 1.20 bits per heavy atom. The zero-order valence-corrected chi connectivity index (χ0v) is 16.8. The molecule has 0 radical (unpaired) electrons. The number of carbonyl (C=O) groups excluding carboxylic acids is 1. The van der Waals surface area contributed by atoms with Crippen LogP contribution in [0.5, 0.6) is 0 Å². The summed E-state index contributed by atoms with van der Waals surface area (Å²) in [4.78, 5) is 22.0. The van der Waals surface area contributed by atoms with Gasteiger partial charge in [0, 0.05) is 18.6 Å². The van der Waals surface area contributed by atoms with Crippen molar-refractivity contribution in [3.05, 3.63) is 77.2 Å². The van der Waals surface area contributed by atoms with Crippen LogP contribution in [0.1, 0.15) is 17.4 Å². The van der Waals surface area contributed by atoms with Gasteiger partial charge in [0.15, 0.2) is 11.5 Å². The molecule has 152 valence electrons. The summed E-state index contributed by atoms with van der Waals surface area (Å²) in [5.74, 6) is 0.197. The minimum atomic E-state index is -0.706. The fourth-order valence-electron chi connectivity index (χ4n) is 2.80. The standard InChI is InChI=1S/C21H19ClN6O2/c1-28(13-19(29)14-5-3-2-4-6-14)18-8-7-15(22)9-17(18)26-21(30)27-20-12-24-16(10-23)11-25-20/h2-9,11-12,19,29H,13H2,1H3,(H2,25,26,27,30). The Kier molecular flexibility index (Phi) is 6.80. The summed E-state index contributed by atoms with van der Waals surface area (Å²) in [6, 6.07) is 15.7. The maximum Gasteiger partial charge on any atom is 0.324 e. The van der Waals surface area contributed by atoms with Gasteiger partial charge >= 0.3 is 6.03 Å². The summed E-state index contributed by atoms with van der Waals surface area (Å²) in [6.07, 6.45) is 1.85. The Morgan fingerprint density at radius 2 is 1.97 bits per heavy atom. The van der Waals surface area contributed by atoms with E-state index in [4.69, 9.17) is 16.9 Å². The van der Waals surface area contributed by atoms with Gasteiger partial charge in [-0.15, -0.1) is 0 Å². The maximum atomic E-state index is 12.4. The van der Waals surface area contributed by atoms with E-state index < -0.39 is 12.1 Å². The van der Waals surface area contributed by atoms with Crippen LogP contribution in [0, 0.1) is 11.3 Å². The fraction of sp³-hybridized carbons (Fsp3) is 0.143. The molecule has 8 nitrogen and oxygen atoms in total. The van der Waals surface area contributed by atoms with Crippen LogP contribution in [0.15, 0.2) is 60.9 Å². The van der Waals surface area contributed by atoms with E-state index in [1.54, 1.807) is 18.2 Å². The Bertz CT molecular complexity index is 1050. The Hall–Kier alpha value is -3.67. The number of aromatic nitrogens is 2. The summed E-state index contributed by atoms with van der Waals surface area (Å²) >= 11 is 6.11. The van der Waals surface area contributed by atoms with Crippen LogP contribution in [0.4, 0.5) is 22.0 Å². The highest BCUT2D eigenvalue weighted by atomic mass is 35.5. The normalized spacial score (nSPS) is 11.3. The number of anilines is 3. The molecule has 2 amide bonds. The smallest absolute Gasteiger partial charge is 0.324 e. The number of aliphatic hydroxyl groups is 1. The number of nitriles is 1. The first kappa shape index (κ1) is 21.0. The number of nitrogens with one attached hydrogen (secondary N) is 2. The van der Waals surface area contributed by atoms with Gasteiger partial charge < -0.3 is 15.3 Å². The number of urea groups is 1. The number of likely N-dealkylation sites (N-methyl/N-ethyl adjacent to an activating group) is 1. The van der Waals surface area contributed by atoms with Gasteiger partial charge in [0.1, 0.15) is 6.07 Å². The van der Waals surface area contributed by atoms with Crippen molar-refractivity contribution >= 4 is 34.8 Å². The van der Waals surface area contributed by atoms with E-state index in [1.165, 1.54) is 12.4 Å². The lowest BCUT2D eigenvalue weighted by atomic mass is 10.1. The molecule has 0 fully saturated rings. The molecule has 0 aliphatic carbocycles. The molecule has 1 heterocycles. The highest BCUT2D eigenvalue weighted by molar-refractivity contribution is 6.31. The van der Waals surface area contributed by atoms with Crippen molar-refractivity contribution in [2.75, 3.05) is 29.1 Å². The average molecular weight is 423 g/mol. The third-order valence-corrected chi connectivity index (χ3v) is 4.49. The van der Waals surface area contributed by atoms with Crippen molar-refractivity contribution in [1.82, 2.24) is 9.97 Å². The summed E-state index contributed by atoms with van der Waals surface area (Å²) in [7, 11) is 1.81. The van der Waals surface area contributed by atoms with E-state index in [2.05, 4.69) is 20.6 Å². The first-order valence-corrected chi connectivity index (χ1v) is 9.38. The number of nitrogens with zero attached hydrogens (tertiary/aromatic N) is 4. The van der Waals surface area contributed by atoms with Crippen LogP contribution >= 0.6 is 11.6 Å². The molecule has 1 unspecified atom stereocenters. The van der Waals surface area contributed by atoms with Gasteiger partial charge in [-0.2, -0.15) is 5.26 Å². The molecule has 0 bridgehead atoms. The summed E-state index contributed by atoms with van der Waals surface area (Å²) in [5.41, 5.74) is 2.08. The predicted molar refractivity (Wildman–Crippen MR) is 116 cm³/mol. The predicted octanol–water partition coefficient (Wildman–Crippen LogP) is 3.82. The highest BCUT2D eigenvalue weighted by Crippen LogP contribution is 2.30. The number of rotatable bonds is 6. The van der Waals surface area contributed by atoms with E-state index in [1.807, 2.05) is 48.3 Å². The van der Waals surface area contributed by atoms with Crippen molar-refractivity contribution in [2.45, 2.75) is 6.10 Å². The van der Waals surface area contributed by atoms with Gasteiger partial charge in [0.05, 0.1) is 29.9 Å². The zero-order chi connectivity index (χ0) is 21.5. The topological polar surface area (TPSA) is 114 Å². The second-order valence-corrected chi connectivity index (χ2v) is 6.88. The zero-order valence-electron chi connectivity index (χ0n) is 16.1. The summed E-state index contributed by atoms with van der Waals surface area (Å²) in [6.45, 7) is 0.309. The van der Waals surface area contributed by atoms with Crippen LogP contribution < -0.4 is 15.5 Å². The molecule has 0 aliphatic rings. The molecule has 0 saturated heterocycles. The molecule has 0 aliphatic heterocycles. The third-order valence-electron chi connectivity index (χ3n) is 4.26. The molecule has 9 heteroatoms. The lowest BCUT2D eigenvalue weighted by molar-refractivity contribution is 0.185. The molecule has 2 aromatic carbocycles. The number of benzene rings is 2. The van der Waals surface area contributed by atoms with Crippen molar-refractivity contribution in [3.63, 3.8) is 0 Å². The Morgan fingerprint density at radius 3 is 2.63 bits per heavy atom. The van der Waals surface area contributed by atoms with E-state index in [0.29, 0.717) is 22.9 Å². The van der Waals surface area contributed by atoms with Crippen LogP contribution in [0.25, 0.3) is 0 Å². The monoisotopic (exact) mass is 422 g/mol. The van der Waals surface area contributed by atoms with Crippen LogP contribution in [0.3, 0.4) is 0 Å². The van der Waals surface area contributed by atoms with Gasteiger partial charge in [-0.25, -0.2) is 14.8 Å². The molecule has 0 spiro atoms. The summed E-state index contributed by atoms with van der Waals surface area (Å²) < 4.78 is 0. The average Bonchev–Trinajstić information content (AvgIpc) is 2.74. The van der Waals surface area contributed by atoms with E-state index in [0.717, 1.165) is 5.56 Å². The molecule has 30 heavy (non-hydrogen) atoms. The first-order chi connectivity index (χ1) is 14.5. The third kappa shape index (κ3) is 5.44. The summed E-state index contributed by atoms with van der Waals surface area (Å²) in [5, 5.41) is 25.0. The van der Waals surface area contributed by atoms with Crippen LogP contribution in [-0.4, -0.2) is 34.7 Å². The Labute approximate surface area is 178 Å². The van der Waals surface area contributed by atoms with Crippen molar-refractivity contribution < 1.29 is 9.90 Å². The number of hydrogen-bond donors (Lipinski definition) is 3. The number of hydrogen-bond acceptors (Lipinski definition) is 6. The molecule has 3 N–H and O–H groups in total. The number of halogens is 1. The number of amides is 2. The molecule has 1 aromatic heterocycles. The van der Waals surface area contributed by atoms with Gasteiger partial charge in [0.25, 0.3) is 0 Å². The molecular formula is C21H19ClN6O2. The molecule has 0 saturated carbocycles. The lowest BCUT2D eigenvalue weighted by Gasteiger charge is -2.25. The van der Waals surface area contributed by atoms with Crippen molar-refractivity contribution in [3.8, 4) is 6.07 Å². The Balaban J connectivity index is 1.72.